The van der Waals surface area contributed by atoms with E-state index >= 15 is 0 Å². The first-order chi connectivity index (χ1) is 12.7. The molecule has 4 rings (SSSR count). The van der Waals surface area contributed by atoms with Crippen molar-refractivity contribution in [2.45, 2.75) is 6.04 Å². The molecule has 132 valence electrons. The lowest BCUT2D eigenvalue weighted by Gasteiger charge is -2.16. The molecule has 1 aliphatic heterocycles. The normalized spacial score (nSPS) is 14.5. The predicted octanol–water partition coefficient (Wildman–Crippen LogP) is 4.05. The zero-order chi connectivity index (χ0) is 18.1. The molecule has 6 nitrogen and oxygen atoms in total. The largest absolute Gasteiger partial charge is 0.495 e. The van der Waals surface area contributed by atoms with Gasteiger partial charge in [-0.25, -0.2) is 9.78 Å². The molecule has 1 atom stereocenters. The highest BCUT2D eigenvalue weighted by atomic mass is 79.9. The van der Waals surface area contributed by atoms with Crippen molar-refractivity contribution in [3.05, 3.63) is 65.0 Å². The molecule has 26 heavy (non-hydrogen) atoms. The lowest BCUT2D eigenvalue weighted by Crippen LogP contribution is -2.33. The van der Waals surface area contributed by atoms with Gasteiger partial charge in [0.2, 0.25) is 0 Å². The first kappa shape index (κ1) is 16.7. The minimum atomic E-state index is -0.263. The second kappa shape index (κ2) is 6.84. The zero-order valence-electron chi connectivity index (χ0n) is 14.1. The van der Waals surface area contributed by atoms with Crippen molar-refractivity contribution in [2.24, 2.45) is 0 Å². The fourth-order valence-corrected chi connectivity index (χ4v) is 3.65. The number of benzene rings is 2. The minimum absolute atomic E-state index is 0.0360. The van der Waals surface area contributed by atoms with Gasteiger partial charge in [0.25, 0.3) is 0 Å². The van der Waals surface area contributed by atoms with E-state index < -0.39 is 0 Å². The summed E-state index contributed by atoms with van der Waals surface area (Å²) >= 11 is 3.40. The summed E-state index contributed by atoms with van der Waals surface area (Å²) in [5.74, 6) is 0.663. The fraction of sp³-hybridized carbons (Fsp3) is 0.158. The number of urea groups is 1. The maximum absolute atomic E-state index is 12.3. The number of hydrogen-bond acceptors (Lipinski definition) is 3. The van der Waals surface area contributed by atoms with Crippen molar-refractivity contribution in [3.8, 4) is 17.0 Å². The van der Waals surface area contributed by atoms with Crippen LogP contribution in [-0.4, -0.2) is 29.2 Å². The summed E-state index contributed by atoms with van der Waals surface area (Å²) in [5.41, 5.74) is 4.09. The van der Waals surface area contributed by atoms with Crippen molar-refractivity contribution in [1.82, 2.24) is 14.9 Å². The minimum Gasteiger partial charge on any atom is -0.495 e. The van der Waals surface area contributed by atoms with Gasteiger partial charge in [-0.2, -0.15) is 0 Å². The molecule has 2 heterocycles. The van der Waals surface area contributed by atoms with Crippen molar-refractivity contribution in [1.29, 1.82) is 0 Å². The van der Waals surface area contributed by atoms with E-state index in [2.05, 4.69) is 48.2 Å². The van der Waals surface area contributed by atoms with E-state index in [1.807, 2.05) is 30.5 Å². The van der Waals surface area contributed by atoms with Crippen LogP contribution in [0.3, 0.4) is 0 Å². The first-order valence-corrected chi connectivity index (χ1v) is 8.96. The van der Waals surface area contributed by atoms with Crippen molar-refractivity contribution in [2.75, 3.05) is 19.0 Å². The maximum Gasteiger partial charge on any atom is 0.319 e. The molecule has 0 fully saturated rings. The number of nitrogens with zero attached hydrogens (tertiary/aromatic N) is 2. The third-order valence-corrected chi connectivity index (χ3v) is 5.12. The molecule has 0 aliphatic carbocycles. The van der Waals surface area contributed by atoms with Gasteiger partial charge in [0.1, 0.15) is 5.75 Å². The van der Waals surface area contributed by atoms with Crippen LogP contribution in [0.5, 0.6) is 5.75 Å². The highest BCUT2D eigenvalue weighted by Gasteiger charge is 2.28. The van der Waals surface area contributed by atoms with Gasteiger partial charge in [0.05, 0.1) is 35.8 Å². The molecule has 0 saturated heterocycles. The second-order valence-electron chi connectivity index (χ2n) is 5.97. The average Bonchev–Trinajstić information content (AvgIpc) is 3.23. The number of nitrogens with one attached hydrogen (secondary N) is 2. The van der Waals surface area contributed by atoms with Gasteiger partial charge in [0, 0.05) is 23.9 Å². The van der Waals surface area contributed by atoms with Gasteiger partial charge >= 0.3 is 6.03 Å². The highest BCUT2D eigenvalue weighted by Crippen LogP contribution is 2.38. The summed E-state index contributed by atoms with van der Waals surface area (Å²) in [6.45, 7) is 0.472. The summed E-state index contributed by atoms with van der Waals surface area (Å²) in [6, 6.07) is 13.4. The number of methoxy groups -OCH3 is 1. The monoisotopic (exact) mass is 412 g/mol. The zero-order valence-corrected chi connectivity index (χ0v) is 15.7. The lowest BCUT2D eigenvalue weighted by molar-refractivity contribution is 0.251. The number of carbonyl (C=O) groups excluding carboxylic acids is 1. The third kappa shape index (κ3) is 2.94. The summed E-state index contributed by atoms with van der Waals surface area (Å²) < 4.78 is 8.17. The van der Waals surface area contributed by atoms with E-state index in [0.29, 0.717) is 18.0 Å². The van der Waals surface area contributed by atoms with Gasteiger partial charge in [-0.15, -0.1) is 0 Å². The molecular weight excluding hydrogens is 396 g/mol. The molecule has 1 unspecified atom stereocenters. The molecule has 3 aromatic rings. The predicted molar refractivity (Wildman–Crippen MR) is 104 cm³/mol. The number of ether oxygens (including phenoxy) is 1. The SMILES string of the molecule is COc1cc(NC(=O)NCC2c3ccccc3-c3cncn32)ccc1Br. The molecule has 0 radical (unpaired) electrons. The van der Waals surface area contributed by atoms with Crippen LogP contribution >= 0.6 is 15.9 Å². The molecule has 2 N–H and O–H groups in total. The number of anilines is 1. The van der Waals surface area contributed by atoms with Crippen LogP contribution in [0.2, 0.25) is 0 Å². The number of halogens is 1. The number of aromatic nitrogens is 2. The maximum atomic E-state index is 12.3. The van der Waals surface area contributed by atoms with Gasteiger partial charge in [-0.3, -0.25) is 0 Å². The van der Waals surface area contributed by atoms with Gasteiger partial charge in [-0.05, 0) is 33.6 Å². The second-order valence-corrected chi connectivity index (χ2v) is 6.83. The highest BCUT2D eigenvalue weighted by molar-refractivity contribution is 9.10. The van der Waals surface area contributed by atoms with Crippen molar-refractivity contribution >= 4 is 27.6 Å². The van der Waals surface area contributed by atoms with E-state index in [1.54, 1.807) is 19.5 Å². The standard InChI is InChI=1S/C19H17BrN4O2/c1-26-18-8-12(6-7-15(18)20)23-19(25)22-10-17-14-5-3-2-4-13(14)16-9-21-11-24(16)17/h2-9,11,17H,10H2,1H3,(H2,22,23,25). The van der Waals surface area contributed by atoms with Crippen molar-refractivity contribution < 1.29 is 9.53 Å². The van der Waals surface area contributed by atoms with Crippen LogP contribution in [0.25, 0.3) is 11.3 Å². The Morgan fingerprint density at radius 1 is 1.31 bits per heavy atom. The van der Waals surface area contributed by atoms with Crippen LogP contribution in [-0.2, 0) is 0 Å². The molecule has 1 aromatic heterocycles. The molecular formula is C19H17BrN4O2. The lowest BCUT2D eigenvalue weighted by atomic mass is 10.0. The summed E-state index contributed by atoms with van der Waals surface area (Å²) in [7, 11) is 1.59. The first-order valence-electron chi connectivity index (χ1n) is 8.17. The molecule has 0 bridgehead atoms. The van der Waals surface area contributed by atoms with Crippen LogP contribution in [0, 0.1) is 0 Å². The average molecular weight is 413 g/mol. The summed E-state index contributed by atoms with van der Waals surface area (Å²) in [6.07, 6.45) is 3.66. The van der Waals surface area contributed by atoms with Gasteiger partial charge in [-0.1, -0.05) is 24.3 Å². The number of fused-ring (bicyclic) bond motifs is 3. The van der Waals surface area contributed by atoms with Gasteiger partial charge < -0.3 is 19.9 Å². The number of hydrogen-bond donors (Lipinski definition) is 2. The van der Waals surface area contributed by atoms with Crippen LogP contribution in [0.15, 0.2) is 59.5 Å². The quantitative estimate of drug-likeness (QED) is 0.678. The van der Waals surface area contributed by atoms with Crippen LogP contribution < -0.4 is 15.4 Å². The van der Waals surface area contributed by atoms with Crippen molar-refractivity contribution in [3.63, 3.8) is 0 Å². The van der Waals surface area contributed by atoms with E-state index in [1.165, 1.54) is 5.56 Å². The molecule has 0 spiro atoms. The Hall–Kier alpha value is -2.80. The molecule has 2 amide bonds. The Labute approximate surface area is 159 Å². The van der Waals surface area contributed by atoms with E-state index in [4.69, 9.17) is 4.74 Å². The van der Waals surface area contributed by atoms with Crippen LogP contribution in [0.1, 0.15) is 11.6 Å². The van der Waals surface area contributed by atoms with Crippen LogP contribution in [0.4, 0.5) is 10.5 Å². The molecule has 2 aromatic carbocycles. The van der Waals surface area contributed by atoms with E-state index in [9.17, 15) is 4.79 Å². The molecule has 7 heteroatoms. The smallest absolute Gasteiger partial charge is 0.319 e. The third-order valence-electron chi connectivity index (χ3n) is 4.46. The number of carbonyl (C=O) groups is 1. The number of rotatable bonds is 4. The van der Waals surface area contributed by atoms with Gasteiger partial charge in [0.15, 0.2) is 0 Å². The fourth-order valence-electron chi connectivity index (χ4n) is 3.24. The molecule has 0 saturated carbocycles. The Balaban J connectivity index is 1.46. The number of imidazole rings is 1. The Bertz CT molecular complexity index is 970. The molecule has 1 aliphatic rings. The Kier molecular flexibility index (Phi) is 4.38. The van der Waals surface area contributed by atoms with E-state index in [0.717, 1.165) is 15.7 Å². The number of amides is 2. The summed E-state index contributed by atoms with van der Waals surface area (Å²) in [5, 5.41) is 5.78. The van der Waals surface area contributed by atoms with E-state index in [-0.39, 0.29) is 12.1 Å². The Morgan fingerprint density at radius 2 is 2.15 bits per heavy atom. The summed E-state index contributed by atoms with van der Waals surface area (Å²) in [4.78, 5) is 16.5. The Morgan fingerprint density at radius 3 is 3.00 bits per heavy atom. The topological polar surface area (TPSA) is 68.2 Å².